The van der Waals surface area contributed by atoms with E-state index in [-0.39, 0.29) is 6.61 Å². The summed E-state index contributed by atoms with van der Waals surface area (Å²) in [5.41, 5.74) is 1.53. The third-order valence-electron chi connectivity index (χ3n) is 3.81. The molecule has 28 heavy (non-hydrogen) atoms. The molecule has 7 nitrogen and oxygen atoms in total. The van der Waals surface area contributed by atoms with Gasteiger partial charge in [0.2, 0.25) is 0 Å². The molecule has 0 saturated heterocycles. The lowest BCUT2D eigenvalue weighted by atomic mass is 10.1. The molecule has 0 atom stereocenters. The molecule has 0 aliphatic carbocycles. The zero-order valence-corrected chi connectivity index (χ0v) is 16.1. The lowest BCUT2D eigenvalue weighted by Crippen LogP contribution is -2.28. The lowest BCUT2D eigenvalue weighted by Gasteiger charge is -2.08. The van der Waals surface area contributed by atoms with Crippen molar-refractivity contribution in [1.82, 2.24) is 5.32 Å². The van der Waals surface area contributed by atoms with E-state index in [9.17, 15) is 9.59 Å². The highest BCUT2D eigenvalue weighted by Gasteiger charge is 2.07. The van der Waals surface area contributed by atoms with Crippen LogP contribution >= 0.6 is 0 Å². The molecule has 0 unspecified atom stereocenters. The quantitative estimate of drug-likeness (QED) is 0.528. The first-order chi connectivity index (χ1) is 13.5. The number of hydrogen-bond acceptors (Lipinski definition) is 6. The van der Waals surface area contributed by atoms with Crippen molar-refractivity contribution in [2.24, 2.45) is 0 Å². The Morgan fingerprint density at radius 1 is 0.964 bits per heavy atom. The van der Waals surface area contributed by atoms with Crippen molar-refractivity contribution in [3.05, 3.63) is 59.7 Å². The van der Waals surface area contributed by atoms with Gasteiger partial charge in [-0.2, -0.15) is 0 Å². The number of nitrogens with one attached hydrogen (secondary N) is 1. The number of amides is 1. The molecule has 0 heterocycles. The van der Waals surface area contributed by atoms with Gasteiger partial charge in [-0.25, -0.2) is 4.79 Å². The van der Waals surface area contributed by atoms with Crippen LogP contribution in [0.25, 0.3) is 6.08 Å². The van der Waals surface area contributed by atoms with E-state index < -0.39 is 11.9 Å². The van der Waals surface area contributed by atoms with Gasteiger partial charge in [-0.3, -0.25) is 4.79 Å². The number of hydrogen-bond donors (Lipinski definition) is 1. The molecule has 148 valence electrons. The molecular formula is C21H23NO6. The van der Waals surface area contributed by atoms with Crippen LogP contribution in [0.15, 0.2) is 48.5 Å². The zero-order valence-electron chi connectivity index (χ0n) is 16.1. The van der Waals surface area contributed by atoms with Crippen LogP contribution in [0, 0.1) is 0 Å². The number of carbonyl (C=O) groups excluding carboxylic acids is 2. The van der Waals surface area contributed by atoms with Gasteiger partial charge in [0.05, 0.1) is 21.3 Å². The van der Waals surface area contributed by atoms with E-state index in [0.717, 1.165) is 5.56 Å². The van der Waals surface area contributed by atoms with E-state index in [2.05, 4.69) is 5.32 Å². The Morgan fingerprint density at radius 2 is 1.71 bits per heavy atom. The molecule has 2 rings (SSSR count). The topological polar surface area (TPSA) is 83.1 Å². The van der Waals surface area contributed by atoms with Crippen molar-refractivity contribution in [2.45, 2.75) is 6.54 Å². The van der Waals surface area contributed by atoms with Crippen molar-refractivity contribution >= 4 is 18.0 Å². The predicted octanol–water partition coefficient (Wildman–Crippen LogP) is 2.59. The van der Waals surface area contributed by atoms with Crippen LogP contribution in [0.2, 0.25) is 0 Å². The van der Waals surface area contributed by atoms with E-state index in [4.69, 9.17) is 18.9 Å². The minimum Gasteiger partial charge on any atom is -0.497 e. The van der Waals surface area contributed by atoms with Crippen molar-refractivity contribution in [3.8, 4) is 17.2 Å². The lowest BCUT2D eigenvalue weighted by molar-refractivity contribution is -0.143. The predicted molar refractivity (Wildman–Crippen MR) is 104 cm³/mol. The van der Waals surface area contributed by atoms with Crippen LogP contribution in [0.5, 0.6) is 17.2 Å². The molecule has 0 aliphatic rings. The maximum Gasteiger partial charge on any atom is 0.331 e. The molecule has 1 N–H and O–H groups in total. The molecular weight excluding hydrogens is 362 g/mol. The summed E-state index contributed by atoms with van der Waals surface area (Å²) in [4.78, 5) is 23.7. The van der Waals surface area contributed by atoms with Gasteiger partial charge in [-0.15, -0.1) is 0 Å². The van der Waals surface area contributed by atoms with Gasteiger partial charge in [0.25, 0.3) is 5.91 Å². The maximum absolute atomic E-state index is 11.9. The van der Waals surface area contributed by atoms with Gasteiger partial charge in [0.15, 0.2) is 6.61 Å². The second-order valence-electron chi connectivity index (χ2n) is 5.68. The molecule has 0 aliphatic heterocycles. The average molecular weight is 385 g/mol. The van der Waals surface area contributed by atoms with Crippen LogP contribution in [0.4, 0.5) is 0 Å². The molecule has 0 aromatic heterocycles. The van der Waals surface area contributed by atoms with Crippen LogP contribution in [-0.2, 0) is 20.9 Å². The monoisotopic (exact) mass is 385 g/mol. The van der Waals surface area contributed by atoms with Crippen molar-refractivity contribution in [3.63, 3.8) is 0 Å². The normalized spacial score (nSPS) is 10.4. The fourth-order valence-corrected chi connectivity index (χ4v) is 2.35. The van der Waals surface area contributed by atoms with Gasteiger partial charge in [0, 0.05) is 18.2 Å². The Kier molecular flexibility index (Phi) is 7.90. The highest BCUT2D eigenvalue weighted by Crippen LogP contribution is 2.25. The van der Waals surface area contributed by atoms with Crippen molar-refractivity contribution < 1.29 is 28.5 Å². The summed E-state index contributed by atoms with van der Waals surface area (Å²) in [6.07, 6.45) is 2.77. The fourth-order valence-electron chi connectivity index (χ4n) is 2.35. The molecule has 0 radical (unpaired) electrons. The van der Waals surface area contributed by atoms with Crippen LogP contribution in [0.3, 0.4) is 0 Å². The van der Waals surface area contributed by atoms with E-state index >= 15 is 0 Å². The molecule has 7 heteroatoms. The summed E-state index contributed by atoms with van der Waals surface area (Å²) in [6, 6.07) is 12.5. The Bertz CT molecular complexity index is 847. The minimum absolute atomic E-state index is 0.310. The first-order valence-electron chi connectivity index (χ1n) is 8.52. The van der Waals surface area contributed by atoms with Crippen LogP contribution in [-0.4, -0.2) is 39.8 Å². The molecule has 0 bridgehead atoms. The Labute approximate surface area is 163 Å². The molecule has 1 amide bonds. The minimum atomic E-state index is -0.638. The zero-order chi connectivity index (χ0) is 20.4. The Morgan fingerprint density at radius 3 is 2.43 bits per heavy atom. The number of methoxy groups -OCH3 is 3. The van der Waals surface area contributed by atoms with E-state index in [1.54, 1.807) is 32.4 Å². The summed E-state index contributed by atoms with van der Waals surface area (Å²) in [5.74, 6) is 0.882. The van der Waals surface area contributed by atoms with Gasteiger partial charge in [-0.05, 0) is 42.0 Å². The third-order valence-corrected chi connectivity index (χ3v) is 3.81. The van der Waals surface area contributed by atoms with Gasteiger partial charge < -0.3 is 24.3 Å². The van der Waals surface area contributed by atoms with E-state index in [1.807, 2.05) is 24.3 Å². The highest BCUT2D eigenvalue weighted by molar-refractivity contribution is 5.89. The number of ether oxygens (including phenoxy) is 4. The molecule has 0 saturated carbocycles. The Hall–Kier alpha value is -3.48. The first-order valence-corrected chi connectivity index (χ1v) is 8.52. The number of rotatable bonds is 9. The molecule has 2 aromatic carbocycles. The number of esters is 1. The Balaban J connectivity index is 1.83. The summed E-state index contributed by atoms with van der Waals surface area (Å²) >= 11 is 0. The molecule has 0 fully saturated rings. The average Bonchev–Trinajstić information content (AvgIpc) is 2.74. The van der Waals surface area contributed by atoms with E-state index in [1.165, 1.54) is 19.3 Å². The SMILES string of the molecule is COc1cccc(CNC(=O)COC(=O)/C=C/c2cc(OC)ccc2OC)c1. The van der Waals surface area contributed by atoms with E-state index in [0.29, 0.717) is 29.4 Å². The largest absolute Gasteiger partial charge is 0.497 e. The second-order valence-corrected chi connectivity index (χ2v) is 5.68. The summed E-state index contributed by atoms with van der Waals surface area (Å²) in [5, 5.41) is 2.68. The first kappa shape index (κ1) is 20.8. The van der Waals surface area contributed by atoms with Crippen LogP contribution in [0.1, 0.15) is 11.1 Å². The standard InChI is InChI=1S/C21H23NO6/c1-25-17-6-4-5-15(11-17)13-22-20(23)14-28-21(24)10-7-16-12-18(26-2)8-9-19(16)27-3/h4-12H,13-14H2,1-3H3,(H,22,23)/b10-7+. The summed E-state index contributed by atoms with van der Waals surface area (Å²) in [7, 11) is 4.66. The van der Waals surface area contributed by atoms with Gasteiger partial charge in [-0.1, -0.05) is 12.1 Å². The van der Waals surface area contributed by atoms with Crippen molar-refractivity contribution in [2.75, 3.05) is 27.9 Å². The van der Waals surface area contributed by atoms with Gasteiger partial charge >= 0.3 is 5.97 Å². The molecule has 0 spiro atoms. The highest BCUT2D eigenvalue weighted by atomic mass is 16.5. The van der Waals surface area contributed by atoms with Crippen LogP contribution < -0.4 is 19.5 Å². The van der Waals surface area contributed by atoms with Crippen molar-refractivity contribution in [1.29, 1.82) is 0 Å². The van der Waals surface area contributed by atoms with Gasteiger partial charge in [0.1, 0.15) is 17.2 Å². The smallest absolute Gasteiger partial charge is 0.331 e. The summed E-state index contributed by atoms with van der Waals surface area (Å²) < 4.78 is 20.5. The maximum atomic E-state index is 11.9. The number of benzene rings is 2. The summed E-state index contributed by atoms with van der Waals surface area (Å²) in [6.45, 7) is -0.0627. The number of carbonyl (C=O) groups is 2. The second kappa shape index (κ2) is 10.6. The molecule has 2 aromatic rings. The fraction of sp³-hybridized carbons (Fsp3) is 0.238. The third kappa shape index (κ3) is 6.35.